The van der Waals surface area contributed by atoms with E-state index in [-0.39, 0.29) is 24.1 Å². The van der Waals surface area contributed by atoms with Crippen LogP contribution in [0.5, 0.6) is 0 Å². The average Bonchev–Trinajstić information content (AvgIpc) is 2.65. The van der Waals surface area contributed by atoms with Gasteiger partial charge in [0.15, 0.2) is 0 Å². The van der Waals surface area contributed by atoms with Gasteiger partial charge in [0, 0.05) is 28.4 Å². The monoisotopic (exact) mass is 450 g/mol. The fourth-order valence-corrected chi connectivity index (χ4v) is 3.90. The predicted molar refractivity (Wildman–Crippen MR) is 122 cm³/mol. The Morgan fingerprint density at radius 1 is 1.17 bits per heavy atom. The lowest BCUT2D eigenvalue weighted by atomic mass is 10.1. The lowest BCUT2D eigenvalue weighted by Gasteiger charge is -2.31. The van der Waals surface area contributed by atoms with Crippen LogP contribution in [0.3, 0.4) is 0 Å². The third-order valence-corrected chi connectivity index (χ3v) is 5.57. The van der Waals surface area contributed by atoms with Crippen molar-refractivity contribution < 1.29 is 14.0 Å². The van der Waals surface area contributed by atoms with Gasteiger partial charge < -0.3 is 10.2 Å². The molecule has 0 heterocycles. The van der Waals surface area contributed by atoms with E-state index in [0.717, 1.165) is 5.56 Å². The first-order chi connectivity index (χ1) is 14.1. The Morgan fingerprint density at radius 3 is 2.50 bits per heavy atom. The standard InChI is InChI=1S/C23H28ClFN2O2S/c1-16(22(29)26-23(2,3)4)27(13-18-9-5-6-11-20(18)25)21(28)15-30-14-17-8-7-10-19(24)12-17/h5-12,16H,13-15H2,1-4H3,(H,26,29)/t16-/m1/s1. The van der Waals surface area contributed by atoms with Crippen molar-refractivity contribution in [3.05, 3.63) is 70.5 Å². The summed E-state index contributed by atoms with van der Waals surface area (Å²) in [5.41, 5.74) is 0.958. The van der Waals surface area contributed by atoms with E-state index < -0.39 is 17.4 Å². The summed E-state index contributed by atoms with van der Waals surface area (Å²) in [4.78, 5) is 27.1. The number of nitrogens with zero attached hydrogens (tertiary/aromatic N) is 1. The maximum Gasteiger partial charge on any atom is 0.242 e. The quantitative estimate of drug-likeness (QED) is 0.612. The van der Waals surface area contributed by atoms with Gasteiger partial charge in [-0.2, -0.15) is 0 Å². The van der Waals surface area contributed by atoms with Gasteiger partial charge in [0.25, 0.3) is 0 Å². The number of thioether (sulfide) groups is 1. The normalized spacial score (nSPS) is 12.3. The third-order valence-electron chi connectivity index (χ3n) is 4.35. The summed E-state index contributed by atoms with van der Waals surface area (Å²) in [5, 5.41) is 3.54. The van der Waals surface area contributed by atoms with E-state index in [0.29, 0.717) is 16.3 Å². The molecule has 0 fully saturated rings. The summed E-state index contributed by atoms with van der Waals surface area (Å²) in [5.74, 6) is -0.101. The van der Waals surface area contributed by atoms with Crippen LogP contribution in [-0.2, 0) is 21.9 Å². The Kier molecular flexibility index (Phi) is 8.74. The molecule has 162 valence electrons. The molecule has 0 aliphatic rings. The van der Waals surface area contributed by atoms with E-state index in [1.807, 2.05) is 39.0 Å². The van der Waals surface area contributed by atoms with E-state index in [1.54, 1.807) is 31.2 Å². The number of carbonyl (C=O) groups is 2. The highest BCUT2D eigenvalue weighted by Crippen LogP contribution is 2.19. The van der Waals surface area contributed by atoms with E-state index in [4.69, 9.17) is 11.6 Å². The molecule has 0 aliphatic carbocycles. The van der Waals surface area contributed by atoms with Crippen molar-refractivity contribution in [2.24, 2.45) is 0 Å². The molecular formula is C23H28ClFN2O2S. The number of carbonyl (C=O) groups excluding carboxylic acids is 2. The van der Waals surface area contributed by atoms with Crippen molar-refractivity contribution >= 4 is 35.2 Å². The molecule has 2 amide bonds. The summed E-state index contributed by atoms with van der Waals surface area (Å²) in [6.45, 7) is 7.33. The fraction of sp³-hybridized carbons (Fsp3) is 0.391. The molecule has 1 N–H and O–H groups in total. The Bertz CT molecular complexity index is 886. The van der Waals surface area contributed by atoms with Gasteiger partial charge >= 0.3 is 0 Å². The number of hydrogen-bond donors (Lipinski definition) is 1. The second kappa shape index (κ2) is 10.8. The number of benzene rings is 2. The van der Waals surface area contributed by atoms with Crippen molar-refractivity contribution in [1.82, 2.24) is 10.2 Å². The SMILES string of the molecule is C[C@H](C(=O)NC(C)(C)C)N(Cc1ccccc1F)C(=O)CSCc1cccc(Cl)c1. The topological polar surface area (TPSA) is 49.4 Å². The van der Waals surface area contributed by atoms with Crippen LogP contribution >= 0.6 is 23.4 Å². The molecule has 2 rings (SSSR count). The largest absolute Gasteiger partial charge is 0.350 e. The van der Waals surface area contributed by atoms with Crippen molar-refractivity contribution in [3.8, 4) is 0 Å². The van der Waals surface area contributed by atoms with Gasteiger partial charge in [-0.15, -0.1) is 11.8 Å². The van der Waals surface area contributed by atoms with E-state index in [2.05, 4.69) is 5.32 Å². The molecule has 0 radical (unpaired) electrons. The third kappa shape index (κ3) is 7.65. The molecule has 0 saturated carbocycles. The molecule has 0 aromatic heterocycles. The van der Waals surface area contributed by atoms with Gasteiger partial charge in [0.2, 0.25) is 11.8 Å². The molecule has 0 aliphatic heterocycles. The molecule has 2 aromatic rings. The van der Waals surface area contributed by atoms with Crippen LogP contribution in [0.25, 0.3) is 0 Å². The Labute approximate surface area is 187 Å². The number of rotatable bonds is 8. The van der Waals surface area contributed by atoms with Crippen LogP contribution in [0.15, 0.2) is 48.5 Å². The predicted octanol–water partition coefficient (Wildman–Crippen LogP) is 5.04. The zero-order valence-corrected chi connectivity index (χ0v) is 19.3. The summed E-state index contributed by atoms with van der Waals surface area (Å²) >= 11 is 7.44. The van der Waals surface area contributed by atoms with E-state index in [9.17, 15) is 14.0 Å². The van der Waals surface area contributed by atoms with Gasteiger partial charge in [-0.25, -0.2) is 4.39 Å². The lowest BCUT2D eigenvalue weighted by molar-refractivity contribution is -0.139. The number of nitrogens with one attached hydrogen (secondary N) is 1. The van der Waals surface area contributed by atoms with Gasteiger partial charge in [0.05, 0.1) is 5.75 Å². The first-order valence-corrected chi connectivity index (χ1v) is 11.3. The molecular weight excluding hydrogens is 423 g/mol. The molecule has 0 unspecified atom stereocenters. The zero-order valence-electron chi connectivity index (χ0n) is 17.7. The van der Waals surface area contributed by atoms with Gasteiger partial charge in [-0.05, 0) is 51.5 Å². The molecule has 2 aromatic carbocycles. The second-order valence-corrected chi connectivity index (χ2v) is 9.57. The number of hydrogen-bond acceptors (Lipinski definition) is 3. The molecule has 4 nitrogen and oxygen atoms in total. The number of halogens is 2. The Balaban J connectivity index is 2.11. The van der Waals surface area contributed by atoms with Crippen molar-refractivity contribution in [2.75, 3.05) is 5.75 Å². The summed E-state index contributed by atoms with van der Waals surface area (Å²) in [6, 6.07) is 13.0. The highest BCUT2D eigenvalue weighted by molar-refractivity contribution is 7.99. The minimum atomic E-state index is -0.733. The van der Waals surface area contributed by atoms with Crippen LogP contribution in [0, 0.1) is 5.82 Å². The first-order valence-electron chi connectivity index (χ1n) is 9.74. The molecule has 0 bridgehead atoms. The van der Waals surface area contributed by atoms with Crippen molar-refractivity contribution in [3.63, 3.8) is 0 Å². The van der Waals surface area contributed by atoms with Gasteiger partial charge in [-0.3, -0.25) is 9.59 Å². The molecule has 1 atom stereocenters. The van der Waals surface area contributed by atoms with Gasteiger partial charge in [-0.1, -0.05) is 41.9 Å². The minimum absolute atomic E-state index is 0.0297. The Morgan fingerprint density at radius 2 is 1.87 bits per heavy atom. The smallest absolute Gasteiger partial charge is 0.242 e. The maximum atomic E-state index is 14.2. The minimum Gasteiger partial charge on any atom is -0.350 e. The van der Waals surface area contributed by atoms with Crippen LogP contribution in [-0.4, -0.2) is 34.0 Å². The molecule has 7 heteroatoms. The van der Waals surface area contributed by atoms with E-state index in [1.165, 1.54) is 22.7 Å². The average molecular weight is 451 g/mol. The van der Waals surface area contributed by atoms with Crippen LogP contribution < -0.4 is 5.32 Å². The summed E-state index contributed by atoms with van der Waals surface area (Å²) in [6.07, 6.45) is 0. The molecule has 0 spiro atoms. The zero-order chi connectivity index (χ0) is 22.3. The molecule has 0 saturated heterocycles. The van der Waals surface area contributed by atoms with Crippen LogP contribution in [0.1, 0.15) is 38.8 Å². The highest BCUT2D eigenvalue weighted by atomic mass is 35.5. The lowest BCUT2D eigenvalue weighted by Crippen LogP contribution is -2.52. The van der Waals surface area contributed by atoms with Crippen LogP contribution in [0.4, 0.5) is 4.39 Å². The fourth-order valence-electron chi connectivity index (χ4n) is 2.83. The van der Waals surface area contributed by atoms with Crippen LogP contribution in [0.2, 0.25) is 5.02 Å². The maximum absolute atomic E-state index is 14.2. The van der Waals surface area contributed by atoms with Gasteiger partial charge in [0.1, 0.15) is 11.9 Å². The van der Waals surface area contributed by atoms with E-state index >= 15 is 0 Å². The first kappa shape index (κ1) is 24.2. The molecule has 30 heavy (non-hydrogen) atoms. The van der Waals surface area contributed by atoms with Crippen molar-refractivity contribution in [2.45, 2.75) is 51.6 Å². The second-order valence-electron chi connectivity index (χ2n) is 8.15. The summed E-state index contributed by atoms with van der Waals surface area (Å²) < 4.78 is 14.2. The highest BCUT2D eigenvalue weighted by Gasteiger charge is 2.28. The summed E-state index contributed by atoms with van der Waals surface area (Å²) in [7, 11) is 0. The number of amides is 2. The van der Waals surface area contributed by atoms with Crippen molar-refractivity contribution in [1.29, 1.82) is 0 Å². The Hall–Kier alpha value is -2.05.